The lowest BCUT2D eigenvalue weighted by atomic mass is 10.2. The summed E-state index contributed by atoms with van der Waals surface area (Å²) in [4.78, 5) is 6.84. The van der Waals surface area contributed by atoms with Crippen LogP contribution in [0.3, 0.4) is 0 Å². The first kappa shape index (κ1) is 13.3. The number of nitrogens with zero attached hydrogens (tertiary/aromatic N) is 2. The van der Waals surface area contributed by atoms with E-state index >= 15 is 0 Å². The largest absolute Gasteiger partial charge is 0.385 e. The summed E-state index contributed by atoms with van der Waals surface area (Å²) in [6, 6.07) is 4.21. The molecular formula is C15H25N3. The molecule has 1 aromatic rings. The molecule has 1 aliphatic rings. The average molecular weight is 247 g/mol. The Labute approximate surface area is 111 Å². The molecule has 1 fully saturated rings. The van der Waals surface area contributed by atoms with Crippen LogP contribution >= 0.6 is 0 Å². The normalized spacial score (nSPS) is 22.2. The maximum Gasteiger partial charge on any atom is 0.0564 e. The molecule has 3 nitrogen and oxygen atoms in total. The molecule has 18 heavy (non-hydrogen) atoms. The summed E-state index contributed by atoms with van der Waals surface area (Å²) in [6.45, 7) is 7.70. The van der Waals surface area contributed by atoms with Gasteiger partial charge in [0.15, 0.2) is 0 Å². The van der Waals surface area contributed by atoms with Crippen LogP contribution in [0.2, 0.25) is 0 Å². The van der Waals surface area contributed by atoms with E-state index in [-0.39, 0.29) is 0 Å². The van der Waals surface area contributed by atoms with Gasteiger partial charge in [0, 0.05) is 31.5 Å². The third kappa shape index (κ3) is 3.98. The number of rotatable bonds is 7. The van der Waals surface area contributed by atoms with Crippen LogP contribution in [0.15, 0.2) is 18.3 Å². The zero-order valence-electron chi connectivity index (χ0n) is 11.8. The molecule has 1 aromatic heterocycles. The van der Waals surface area contributed by atoms with Crippen molar-refractivity contribution in [3.63, 3.8) is 0 Å². The number of aromatic nitrogens is 1. The van der Waals surface area contributed by atoms with E-state index in [1.165, 1.54) is 18.7 Å². The first-order valence-corrected chi connectivity index (χ1v) is 7.06. The summed E-state index contributed by atoms with van der Waals surface area (Å²) in [5.74, 6) is 1.84. The van der Waals surface area contributed by atoms with Gasteiger partial charge >= 0.3 is 0 Å². The fourth-order valence-corrected chi connectivity index (χ4v) is 2.34. The number of nitrogens with one attached hydrogen (secondary N) is 1. The van der Waals surface area contributed by atoms with E-state index in [1.807, 2.05) is 12.3 Å². The molecule has 3 heteroatoms. The van der Waals surface area contributed by atoms with Crippen LogP contribution in [0.1, 0.15) is 32.4 Å². The lowest BCUT2D eigenvalue weighted by Crippen LogP contribution is -2.21. The summed E-state index contributed by atoms with van der Waals surface area (Å²) in [5, 5.41) is 3.41. The van der Waals surface area contributed by atoms with Crippen LogP contribution < -0.4 is 5.32 Å². The van der Waals surface area contributed by atoms with Crippen molar-refractivity contribution in [1.29, 1.82) is 0 Å². The molecule has 0 radical (unpaired) electrons. The fourth-order valence-electron chi connectivity index (χ4n) is 2.34. The molecule has 100 valence electrons. The topological polar surface area (TPSA) is 28.2 Å². The Morgan fingerprint density at radius 3 is 2.94 bits per heavy atom. The van der Waals surface area contributed by atoms with Crippen molar-refractivity contribution in [2.24, 2.45) is 11.8 Å². The highest BCUT2D eigenvalue weighted by Gasteiger charge is 2.32. The molecule has 1 N–H and O–H groups in total. The van der Waals surface area contributed by atoms with Gasteiger partial charge in [-0.05, 0) is 43.9 Å². The van der Waals surface area contributed by atoms with Gasteiger partial charge in [0.25, 0.3) is 0 Å². The second-order valence-electron chi connectivity index (χ2n) is 5.63. The number of hydrogen-bond acceptors (Lipinski definition) is 3. The second-order valence-corrected chi connectivity index (χ2v) is 5.63. The molecule has 2 unspecified atom stereocenters. The maximum absolute atomic E-state index is 4.45. The van der Waals surface area contributed by atoms with Crippen LogP contribution in [0, 0.1) is 11.8 Å². The zero-order valence-corrected chi connectivity index (χ0v) is 11.8. The quantitative estimate of drug-likeness (QED) is 0.803. The van der Waals surface area contributed by atoms with Gasteiger partial charge in [0.2, 0.25) is 0 Å². The van der Waals surface area contributed by atoms with E-state index in [1.54, 1.807) is 0 Å². The predicted octanol–water partition coefficient (Wildman–Crippen LogP) is 2.99. The molecule has 2 atom stereocenters. The highest BCUT2D eigenvalue weighted by atomic mass is 15.1. The molecule has 0 bridgehead atoms. The molecule has 1 heterocycles. The molecule has 1 saturated carbocycles. The molecule has 0 spiro atoms. The summed E-state index contributed by atoms with van der Waals surface area (Å²) in [5.41, 5.74) is 2.35. The van der Waals surface area contributed by atoms with E-state index in [4.69, 9.17) is 0 Å². The third-order valence-corrected chi connectivity index (χ3v) is 3.65. The molecule has 1 aliphatic carbocycles. The minimum absolute atomic E-state index is 0.913. The van der Waals surface area contributed by atoms with Crippen molar-refractivity contribution < 1.29 is 0 Å². The monoisotopic (exact) mass is 247 g/mol. The van der Waals surface area contributed by atoms with Gasteiger partial charge < -0.3 is 10.2 Å². The molecule has 0 aromatic carbocycles. The average Bonchev–Trinajstić information content (AvgIpc) is 3.02. The van der Waals surface area contributed by atoms with Crippen LogP contribution in [-0.4, -0.2) is 30.0 Å². The van der Waals surface area contributed by atoms with Gasteiger partial charge in [0.05, 0.1) is 5.69 Å². The van der Waals surface area contributed by atoms with Gasteiger partial charge in [-0.25, -0.2) is 0 Å². The summed E-state index contributed by atoms with van der Waals surface area (Å²) in [7, 11) is 2.19. The number of anilines is 1. The van der Waals surface area contributed by atoms with Crippen molar-refractivity contribution in [3.05, 3.63) is 24.0 Å². The molecule has 2 rings (SSSR count). The maximum atomic E-state index is 4.45. The first-order chi connectivity index (χ1) is 8.69. The molecule has 0 amide bonds. The van der Waals surface area contributed by atoms with Crippen molar-refractivity contribution >= 4 is 5.69 Å². The van der Waals surface area contributed by atoms with Crippen molar-refractivity contribution in [3.8, 4) is 0 Å². The minimum atomic E-state index is 0.913. The van der Waals surface area contributed by atoms with Crippen molar-refractivity contribution in [2.75, 3.05) is 25.5 Å². The zero-order chi connectivity index (χ0) is 13.0. The Morgan fingerprint density at radius 1 is 1.50 bits per heavy atom. The highest BCUT2D eigenvalue weighted by Crippen LogP contribution is 2.38. The van der Waals surface area contributed by atoms with Gasteiger partial charge in [-0.1, -0.05) is 13.8 Å². The number of pyridine rings is 1. The Balaban J connectivity index is 1.83. The molecule has 0 saturated heterocycles. The van der Waals surface area contributed by atoms with Crippen LogP contribution in [0.5, 0.6) is 0 Å². The van der Waals surface area contributed by atoms with Gasteiger partial charge in [-0.15, -0.1) is 0 Å². The van der Waals surface area contributed by atoms with Gasteiger partial charge in [-0.2, -0.15) is 0 Å². The van der Waals surface area contributed by atoms with Gasteiger partial charge in [0.1, 0.15) is 0 Å². The van der Waals surface area contributed by atoms with Crippen molar-refractivity contribution in [2.45, 2.75) is 33.2 Å². The lowest BCUT2D eigenvalue weighted by molar-refractivity contribution is 0.304. The smallest absolute Gasteiger partial charge is 0.0564 e. The fraction of sp³-hybridized carbons (Fsp3) is 0.667. The second kappa shape index (κ2) is 6.19. The molecule has 0 aliphatic heterocycles. The Kier molecular flexibility index (Phi) is 4.59. The number of hydrogen-bond donors (Lipinski definition) is 1. The predicted molar refractivity (Wildman–Crippen MR) is 76.6 cm³/mol. The van der Waals surface area contributed by atoms with E-state index in [9.17, 15) is 0 Å². The van der Waals surface area contributed by atoms with E-state index in [0.717, 1.165) is 37.0 Å². The SMILES string of the molecule is CCCNc1ccnc(CN(C)CC2CC2C)c1. The highest BCUT2D eigenvalue weighted by molar-refractivity contribution is 5.43. The van der Waals surface area contributed by atoms with Crippen molar-refractivity contribution in [1.82, 2.24) is 9.88 Å². The summed E-state index contributed by atoms with van der Waals surface area (Å²) >= 11 is 0. The molecular weight excluding hydrogens is 222 g/mol. The first-order valence-electron chi connectivity index (χ1n) is 7.06. The van der Waals surface area contributed by atoms with Gasteiger partial charge in [-0.3, -0.25) is 4.98 Å². The standard InChI is InChI=1S/C15H25N3/c1-4-6-16-14-5-7-17-15(9-14)11-18(3)10-13-8-12(13)2/h5,7,9,12-13H,4,6,8,10-11H2,1-3H3,(H,16,17). The van der Waals surface area contributed by atoms with Crippen LogP contribution in [0.4, 0.5) is 5.69 Å². The Hall–Kier alpha value is -1.09. The third-order valence-electron chi connectivity index (χ3n) is 3.65. The Bertz CT molecular complexity index is 378. The van der Waals surface area contributed by atoms with E-state index < -0.39 is 0 Å². The van der Waals surface area contributed by atoms with E-state index in [2.05, 4.69) is 42.2 Å². The van der Waals surface area contributed by atoms with Crippen LogP contribution in [0.25, 0.3) is 0 Å². The van der Waals surface area contributed by atoms with Crippen LogP contribution in [-0.2, 0) is 6.54 Å². The lowest BCUT2D eigenvalue weighted by Gasteiger charge is -2.16. The minimum Gasteiger partial charge on any atom is -0.385 e. The summed E-state index contributed by atoms with van der Waals surface area (Å²) in [6.07, 6.45) is 4.45. The Morgan fingerprint density at radius 2 is 2.28 bits per heavy atom. The summed E-state index contributed by atoms with van der Waals surface area (Å²) < 4.78 is 0. The van der Waals surface area contributed by atoms with E-state index in [0.29, 0.717) is 0 Å².